The Morgan fingerprint density at radius 3 is 3.00 bits per heavy atom. The lowest BCUT2D eigenvalue weighted by Crippen LogP contribution is -1.99. The molecule has 1 aromatic heterocycles. The SMILES string of the molecule is CCCCCCOCc1cccnc1C#N. The third kappa shape index (κ3) is 4.41. The minimum atomic E-state index is 0.469. The monoisotopic (exact) mass is 218 g/mol. The standard InChI is InChI=1S/C13H18N2O/c1-2-3-4-5-9-16-11-12-7-6-8-15-13(12)10-14/h6-8H,2-5,9,11H2,1H3. The molecule has 0 amide bonds. The lowest BCUT2D eigenvalue weighted by molar-refractivity contribution is 0.116. The van der Waals surface area contributed by atoms with Crippen molar-refractivity contribution in [3.05, 3.63) is 29.6 Å². The maximum Gasteiger partial charge on any atom is 0.145 e. The first-order valence-electron chi connectivity index (χ1n) is 5.80. The van der Waals surface area contributed by atoms with E-state index in [0.717, 1.165) is 18.6 Å². The van der Waals surface area contributed by atoms with Crippen LogP contribution in [0.3, 0.4) is 0 Å². The minimum Gasteiger partial charge on any atom is -0.377 e. The molecule has 0 atom stereocenters. The Kier molecular flexibility index (Phi) is 6.20. The lowest BCUT2D eigenvalue weighted by Gasteiger charge is -2.04. The molecule has 0 spiro atoms. The molecule has 0 aliphatic rings. The van der Waals surface area contributed by atoms with Crippen molar-refractivity contribution < 1.29 is 4.74 Å². The van der Waals surface area contributed by atoms with Crippen LogP contribution in [0, 0.1) is 11.3 Å². The van der Waals surface area contributed by atoms with E-state index in [9.17, 15) is 0 Å². The van der Waals surface area contributed by atoms with Crippen molar-refractivity contribution in [1.82, 2.24) is 4.98 Å². The van der Waals surface area contributed by atoms with Gasteiger partial charge in [0.25, 0.3) is 0 Å². The van der Waals surface area contributed by atoms with Crippen LogP contribution in [0.2, 0.25) is 0 Å². The van der Waals surface area contributed by atoms with Gasteiger partial charge in [0.05, 0.1) is 6.61 Å². The molecule has 0 N–H and O–H groups in total. The van der Waals surface area contributed by atoms with E-state index in [1.54, 1.807) is 6.20 Å². The zero-order valence-electron chi connectivity index (χ0n) is 9.78. The summed E-state index contributed by atoms with van der Waals surface area (Å²) in [5.41, 5.74) is 1.34. The molecular weight excluding hydrogens is 200 g/mol. The van der Waals surface area contributed by atoms with Gasteiger partial charge in [-0.3, -0.25) is 0 Å². The minimum absolute atomic E-state index is 0.469. The molecule has 0 saturated heterocycles. The number of nitrogens with zero attached hydrogens (tertiary/aromatic N) is 2. The number of nitriles is 1. The predicted octanol–water partition coefficient (Wildman–Crippen LogP) is 3.05. The third-order valence-corrected chi connectivity index (χ3v) is 2.40. The third-order valence-electron chi connectivity index (χ3n) is 2.40. The molecule has 0 aliphatic carbocycles. The summed E-state index contributed by atoms with van der Waals surface area (Å²) < 4.78 is 5.52. The first-order chi connectivity index (χ1) is 7.88. The van der Waals surface area contributed by atoms with Gasteiger partial charge in [0.2, 0.25) is 0 Å². The number of unbranched alkanes of at least 4 members (excludes halogenated alkanes) is 3. The van der Waals surface area contributed by atoms with Gasteiger partial charge in [-0.25, -0.2) is 4.98 Å². The zero-order chi connectivity index (χ0) is 11.6. The fraction of sp³-hybridized carbons (Fsp3) is 0.538. The van der Waals surface area contributed by atoms with Gasteiger partial charge in [0.15, 0.2) is 0 Å². The largest absolute Gasteiger partial charge is 0.377 e. The van der Waals surface area contributed by atoms with Crippen LogP contribution in [0.5, 0.6) is 0 Å². The van der Waals surface area contributed by atoms with Gasteiger partial charge in [-0.2, -0.15) is 5.26 Å². The fourth-order valence-electron chi connectivity index (χ4n) is 1.47. The summed E-state index contributed by atoms with van der Waals surface area (Å²) in [7, 11) is 0. The Balaban J connectivity index is 2.24. The summed E-state index contributed by atoms with van der Waals surface area (Å²) >= 11 is 0. The van der Waals surface area contributed by atoms with E-state index >= 15 is 0 Å². The van der Waals surface area contributed by atoms with Gasteiger partial charge in [-0.15, -0.1) is 0 Å². The van der Waals surface area contributed by atoms with Crippen LogP contribution >= 0.6 is 0 Å². The highest BCUT2D eigenvalue weighted by molar-refractivity contribution is 5.29. The van der Waals surface area contributed by atoms with Gasteiger partial charge in [-0.1, -0.05) is 32.3 Å². The molecule has 0 bridgehead atoms. The molecule has 0 fully saturated rings. The van der Waals surface area contributed by atoms with Crippen molar-refractivity contribution in [3.63, 3.8) is 0 Å². The number of rotatable bonds is 7. The number of pyridine rings is 1. The molecule has 3 heteroatoms. The Bertz CT molecular complexity index is 344. The van der Waals surface area contributed by atoms with E-state index in [0.29, 0.717) is 12.3 Å². The van der Waals surface area contributed by atoms with Crippen molar-refractivity contribution in [2.45, 2.75) is 39.2 Å². The highest BCUT2D eigenvalue weighted by atomic mass is 16.5. The molecule has 86 valence electrons. The first-order valence-corrected chi connectivity index (χ1v) is 5.80. The highest BCUT2D eigenvalue weighted by Gasteiger charge is 2.01. The van der Waals surface area contributed by atoms with E-state index in [1.165, 1.54) is 19.3 Å². The van der Waals surface area contributed by atoms with Crippen molar-refractivity contribution in [3.8, 4) is 6.07 Å². The average molecular weight is 218 g/mol. The van der Waals surface area contributed by atoms with E-state index in [-0.39, 0.29) is 0 Å². The zero-order valence-corrected chi connectivity index (χ0v) is 9.78. The van der Waals surface area contributed by atoms with E-state index in [2.05, 4.69) is 18.0 Å². The number of ether oxygens (including phenoxy) is 1. The number of hydrogen-bond acceptors (Lipinski definition) is 3. The van der Waals surface area contributed by atoms with Crippen LogP contribution < -0.4 is 0 Å². The second-order valence-corrected chi connectivity index (χ2v) is 3.74. The smallest absolute Gasteiger partial charge is 0.145 e. The average Bonchev–Trinajstić information content (AvgIpc) is 2.34. The molecule has 16 heavy (non-hydrogen) atoms. The summed E-state index contributed by atoms with van der Waals surface area (Å²) in [5.74, 6) is 0. The van der Waals surface area contributed by atoms with Gasteiger partial charge in [0, 0.05) is 18.4 Å². The maximum atomic E-state index is 8.82. The number of hydrogen-bond donors (Lipinski definition) is 0. The Hall–Kier alpha value is -1.40. The van der Waals surface area contributed by atoms with Gasteiger partial charge < -0.3 is 4.74 Å². The summed E-state index contributed by atoms with van der Waals surface area (Å²) in [5, 5.41) is 8.82. The summed E-state index contributed by atoms with van der Waals surface area (Å²) in [6, 6.07) is 5.78. The van der Waals surface area contributed by atoms with Gasteiger partial charge in [-0.05, 0) is 12.5 Å². The van der Waals surface area contributed by atoms with E-state index < -0.39 is 0 Å². The van der Waals surface area contributed by atoms with Crippen molar-refractivity contribution >= 4 is 0 Å². The predicted molar refractivity (Wildman–Crippen MR) is 62.8 cm³/mol. The number of aromatic nitrogens is 1. The van der Waals surface area contributed by atoms with Crippen molar-refractivity contribution in [2.24, 2.45) is 0 Å². The molecule has 0 aliphatic heterocycles. The van der Waals surface area contributed by atoms with Crippen molar-refractivity contribution in [1.29, 1.82) is 5.26 Å². The summed E-state index contributed by atoms with van der Waals surface area (Å²) in [4.78, 5) is 3.98. The lowest BCUT2D eigenvalue weighted by atomic mass is 10.2. The van der Waals surface area contributed by atoms with Crippen LogP contribution in [0.15, 0.2) is 18.3 Å². The quantitative estimate of drug-likeness (QED) is 0.661. The molecule has 0 saturated carbocycles. The molecular formula is C13H18N2O. The topological polar surface area (TPSA) is 45.9 Å². The van der Waals surface area contributed by atoms with Crippen LogP contribution in [-0.4, -0.2) is 11.6 Å². The van der Waals surface area contributed by atoms with Gasteiger partial charge in [0.1, 0.15) is 11.8 Å². The van der Waals surface area contributed by atoms with E-state index in [1.807, 2.05) is 12.1 Å². The van der Waals surface area contributed by atoms with Crippen LogP contribution in [-0.2, 0) is 11.3 Å². The summed E-state index contributed by atoms with van der Waals surface area (Å²) in [6.07, 6.45) is 6.44. The molecule has 0 radical (unpaired) electrons. The normalized spacial score (nSPS) is 10.0. The van der Waals surface area contributed by atoms with Crippen molar-refractivity contribution in [2.75, 3.05) is 6.61 Å². The molecule has 3 nitrogen and oxygen atoms in total. The molecule has 1 heterocycles. The fourth-order valence-corrected chi connectivity index (χ4v) is 1.47. The second-order valence-electron chi connectivity index (χ2n) is 3.74. The molecule has 0 unspecified atom stereocenters. The maximum absolute atomic E-state index is 8.82. The highest BCUT2D eigenvalue weighted by Crippen LogP contribution is 2.06. The Labute approximate surface area is 97.1 Å². The van der Waals surface area contributed by atoms with Crippen LogP contribution in [0.1, 0.15) is 43.9 Å². The Morgan fingerprint density at radius 2 is 2.25 bits per heavy atom. The van der Waals surface area contributed by atoms with Crippen LogP contribution in [0.4, 0.5) is 0 Å². The molecule has 0 aromatic carbocycles. The van der Waals surface area contributed by atoms with Gasteiger partial charge >= 0.3 is 0 Å². The van der Waals surface area contributed by atoms with E-state index in [4.69, 9.17) is 10.00 Å². The molecule has 1 rings (SSSR count). The van der Waals surface area contributed by atoms with Crippen LogP contribution in [0.25, 0.3) is 0 Å². The summed E-state index contributed by atoms with van der Waals surface area (Å²) in [6.45, 7) is 3.44. The second kappa shape index (κ2) is 7.84. The first kappa shape index (κ1) is 12.7. The Morgan fingerprint density at radius 1 is 1.38 bits per heavy atom. The molecule has 1 aromatic rings.